The molecule has 2 nitrogen and oxygen atoms in total. The minimum absolute atomic E-state index is 0.0775. The van der Waals surface area contributed by atoms with E-state index in [0.717, 1.165) is 12.3 Å². The predicted molar refractivity (Wildman–Crippen MR) is 58.1 cm³/mol. The summed E-state index contributed by atoms with van der Waals surface area (Å²) in [7, 11) is 0. The molecule has 0 saturated heterocycles. The van der Waals surface area contributed by atoms with Crippen LogP contribution in [0.25, 0.3) is 0 Å². The Hall–Kier alpha value is -0.890. The summed E-state index contributed by atoms with van der Waals surface area (Å²) in [6.07, 6.45) is 1.89. The second kappa shape index (κ2) is 4.56. The van der Waals surface area contributed by atoms with E-state index in [2.05, 4.69) is 25.8 Å². The molecular weight excluding hydrogens is 174 g/mol. The number of hydrogen-bond acceptors (Lipinski definition) is 2. The Kier molecular flexibility index (Phi) is 3.64. The van der Waals surface area contributed by atoms with Crippen molar-refractivity contribution in [3.8, 4) is 0 Å². The fourth-order valence-electron chi connectivity index (χ4n) is 1.48. The van der Waals surface area contributed by atoms with Crippen LogP contribution in [0.3, 0.4) is 0 Å². The first-order chi connectivity index (χ1) is 6.55. The third-order valence-electron chi connectivity index (χ3n) is 2.08. The minimum Gasteiger partial charge on any atom is -0.372 e. The van der Waals surface area contributed by atoms with Crippen LogP contribution in [-0.4, -0.2) is 11.6 Å². The molecular formula is C12H19NO. The highest BCUT2D eigenvalue weighted by Gasteiger charge is 2.27. The molecule has 0 aliphatic heterocycles. The maximum absolute atomic E-state index is 5.73. The largest absolute Gasteiger partial charge is 0.372 e. The number of hydrogen-bond donors (Lipinski definition) is 0. The van der Waals surface area contributed by atoms with Gasteiger partial charge >= 0.3 is 0 Å². The maximum Gasteiger partial charge on any atom is 0.104 e. The lowest BCUT2D eigenvalue weighted by atomic mass is 9.87. The molecule has 0 amide bonds. The average Bonchev–Trinajstić information content (AvgIpc) is 2.14. The third kappa shape index (κ3) is 2.81. The summed E-state index contributed by atoms with van der Waals surface area (Å²) in [6.45, 7) is 9.24. The third-order valence-corrected chi connectivity index (χ3v) is 2.08. The molecule has 1 atom stereocenters. The van der Waals surface area contributed by atoms with Crippen molar-refractivity contribution in [2.45, 2.75) is 33.8 Å². The van der Waals surface area contributed by atoms with Gasteiger partial charge in [0, 0.05) is 12.8 Å². The van der Waals surface area contributed by atoms with Gasteiger partial charge < -0.3 is 4.74 Å². The molecule has 14 heavy (non-hydrogen) atoms. The van der Waals surface area contributed by atoms with Gasteiger partial charge in [-0.15, -0.1) is 0 Å². The van der Waals surface area contributed by atoms with Crippen LogP contribution in [0.4, 0.5) is 0 Å². The molecule has 78 valence electrons. The number of nitrogens with zero attached hydrogens (tertiary/aromatic N) is 1. The zero-order chi connectivity index (χ0) is 10.6. The summed E-state index contributed by atoms with van der Waals surface area (Å²) in [4.78, 5) is 4.34. The molecule has 1 aromatic rings. The fraction of sp³-hybridized carbons (Fsp3) is 0.583. The summed E-state index contributed by atoms with van der Waals surface area (Å²) >= 11 is 0. The van der Waals surface area contributed by atoms with Gasteiger partial charge in [-0.3, -0.25) is 4.98 Å². The fourth-order valence-corrected chi connectivity index (χ4v) is 1.48. The van der Waals surface area contributed by atoms with Crippen molar-refractivity contribution >= 4 is 0 Å². The standard InChI is InChI=1S/C12H19NO/c1-5-14-11(12(2,3)4)10-8-6-7-9-13-10/h6-9,11H,5H2,1-4H3. The van der Waals surface area contributed by atoms with E-state index in [1.54, 1.807) is 0 Å². The molecule has 0 aliphatic carbocycles. The number of rotatable bonds is 3. The first-order valence-electron chi connectivity index (χ1n) is 5.08. The Morgan fingerprint density at radius 3 is 2.50 bits per heavy atom. The van der Waals surface area contributed by atoms with Crippen LogP contribution in [0.15, 0.2) is 24.4 Å². The normalized spacial score (nSPS) is 14.0. The van der Waals surface area contributed by atoms with E-state index < -0.39 is 0 Å². The van der Waals surface area contributed by atoms with Gasteiger partial charge in [0.05, 0.1) is 5.69 Å². The van der Waals surface area contributed by atoms with Gasteiger partial charge in [0.2, 0.25) is 0 Å². The van der Waals surface area contributed by atoms with Crippen LogP contribution in [0.5, 0.6) is 0 Å². The van der Waals surface area contributed by atoms with Gasteiger partial charge in [-0.05, 0) is 24.5 Å². The van der Waals surface area contributed by atoms with E-state index in [1.807, 2.05) is 31.3 Å². The Balaban J connectivity index is 2.89. The van der Waals surface area contributed by atoms with Crippen LogP contribution >= 0.6 is 0 Å². The maximum atomic E-state index is 5.73. The van der Waals surface area contributed by atoms with E-state index in [4.69, 9.17) is 4.74 Å². The second-order valence-electron chi connectivity index (χ2n) is 4.46. The van der Waals surface area contributed by atoms with Gasteiger partial charge in [-0.2, -0.15) is 0 Å². The van der Waals surface area contributed by atoms with E-state index in [-0.39, 0.29) is 11.5 Å². The molecule has 0 N–H and O–H groups in total. The number of ether oxygens (including phenoxy) is 1. The summed E-state index contributed by atoms with van der Waals surface area (Å²) in [6, 6.07) is 5.95. The molecule has 2 heteroatoms. The highest BCUT2D eigenvalue weighted by atomic mass is 16.5. The molecule has 0 aromatic carbocycles. The van der Waals surface area contributed by atoms with Crippen LogP contribution in [0.1, 0.15) is 39.5 Å². The van der Waals surface area contributed by atoms with E-state index in [9.17, 15) is 0 Å². The zero-order valence-corrected chi connectivity index (χ0v) is 9.45. The zero-order valence-electron chi connectivity index (χ0n) is 9.45. The summed E-state index contributed by atoms with van der Waals surface area (Å²) in [5, 5.41) is 0. The van der Waals surface area contributed by atoms with Gasteiger partial charge in [-0.1, -0.05) is 26.8 Å². The van der Waals surface area contributed by atoms with Gasteiger partial charge in [0.1, 0.15) is 6.10 Å². The molecule has 1 unspecified atom stereocenters. The van der Waals surface area contributed by atoms with Crippen molar-refractivity contribution < 1.29 is 4.74 Å². The Labute approximate surface area is 86.3 Å². The molecule has 0 spiro atoms. The molecule has 1 rings (SSSR count). The summed E-state index contributed by atoms with van der Waals surface area (Å²) in [5.74, 6) is 0. The molecule has 0 aliphatic rings. The predicted octanol–water partition coefficient (Wildman–Crippen LogP) is 3.21. The van der Waals surface area contributed by atoms with E-state index in [1.165, 1.54) is 0 Å². The average molecular weight is 193 g/mol. The topological polar surface area (TPSA) is 22.1 Å². The summed E-state index contributed by atoms with van der Waals surface area (Å²) in [5.41, 5.74) is 1.10. The number of pyridine rings is 1. The highest BCUT2D eigenvalue weighted by Crippen LogP contribution is 2.34. The molecule has 0 saturated carbocycles. The molecule has 1 heterocycles. The van der Waals surface area contributed by atoms with Crippen LogP contribution in [-0.2, 0) is 4.74 Å². The SMILES string of the molecule is CCOC(c1ccccn1)C(C)(C)C. The Bertz CT molecular complexity index is 263. The smallest absolute Gasteiger partial charge is 0.104 e. The lowest BCUT2D eigenvalue weighted by Crippen LogP contribution is -2.22. The minimum atomic E-state index is 0.0775. The van der Waals surface area contributed by atoms with Gasteiger partial charge in [0.25, 0.3) is 0 Å². The van der Waals surface area contributed by atoms with E-state index >= 15 is 0 Å². The highest BCUT2D eigenvalue weighted by molar-refractivity contribution is 5.09. The lowest BCUT2D eigenvalue weighted by molar-refractivity contribution is -0.0160. The van der Waals surface area contributed by atoms with Crippen molar-refractivity contribution in [3.05, 3.63) is 30.1 Å². The van der Waals surface area contributed by atoms with Crippen molar-refractivity contribution in [1.82, 2.24) is 4.98 Å². The summed E-state index contributed by atoms with van der Waals surface area (Å²) < 4.78 is 5.73. The van der Waals surface area contributed by atoms with E-state index in [0.29, 0.717) is 0 Å². The Morgan fingerprint density at radius 1 is 1.36 bits per heavy atom. The van der Waals surface area contributed by atoms with Crippen molar-refractivity contribution in [3.63, 3.8) is 0 Å². The quantitative estimate of drug-likeness (QED) is 0.735. The molecule has 1 aromatic heterocycles. The second-order valence-corrected chi connectivity index (χ2v) is 4.46. The van der Waals surface area contributed by atoms with Crippen LogP contribution in [0, 0.1) is 5.41 Å². The lowest BCUT2D eigenvalue weighted by Gasteiger charge is -2.29. The first-order valence-corrected chi connectivity index (χ1v) is 5.08. The van der Waals surface area contributed by atoms with Gasteiger partial charge in [-0.25, -0.2) is 0 Å². The molecule has 0 radical (unpaired) electrons. The van der Waals surface area contributed by atoms with Gasteiger partial charge in [0.15, 0.2) is 0 Å². The van der Waals surface area contributed by atoms with Crippen LogP contribution in [0.2, 0.25) is 0 Å². The monoisotopic (exact) mass is 193 g/mol. The Morgan fingerprint density at radius 2 is 2.07 bits per heavy atom. The molecule has 0 fully saturated rings. The van der Waals surface area contributed by atoms with Crippen molar-refractivity contribution in [2.75, 3.05) is 6.61 Å². The molecule has 0 bridgehead atoms. The first kappa shape index (κ1) is 11.2. The van der Waals surface area contributed by atoms with Crippen molar-refractivity contribution in [1.29, 1.82) is 0 Å². The van der Waals surface area contributed by atoms with Crippen molar-refractivity contribution in [2.24, 2.45) is 5.41 Å². The number of aromatic nitrogens is 1. The van der Waals surface area contributed by atoms with Crippen LogP contribution < -0.4 is 0 Å².